The average molecular weight is 509 g/mol. The first-order valence-corrected chi connectivity index (χ1v) is 13.4. The van der Waals surface area contributed by atoms with Crippen LogP contribution in [0.25, 0.3) is 22.5 Å². The molecule has 3 fully saturated rings. The number of pyridine rings is 1. The van der Waals surface area contributed by atoms with Gasteiger partial charge in [-0.25, -0.2) is 4.98 Å². The molecule has 10 nitrogen and oxygen atoms in total. The number of ether oxygens (including phenoxy) is 3. The van der Waals surface area contributed by atoms with Crippen molar-refractivity contribution >= 4 is 22.8 Å². The van der Waals surface area contributed by atoms with E-state index in [-0.39, 0.29) is 12.1 Å². The Hall–Kier alpha value is -2.79. The van der Waals surface area contributed by atoms with E-state index in [9.17, 15) is 0 Å². The van der Waals surface area contributed by atoms with Gasteiger partial charge in [0.2, 0.25) is 5.95 Å². The van der Waals surface area contributed by atoms with Gasteiger partial charge in [0.15, 0.2) is 11.4 Å². The standard InChI is InChI=1S/C27H36N6O4/c1-17(12-21-16-36-21)28-13-20-4-7-24(37-20)23-6-5-22-25(29-23)30-27(33-9-11-35-15-19(33)3)31-26(22)32-8-10-34-14-18(32)2/h4-7,17-19,21,28H,8-16H2,1-3H3/t17?,18-,19-,21?/m0/s1. The van der Waals surface area contributed by atoms with Crippen LogP contribution in [-0.4, -0.2) is 85.3 Å². The summed E-state index contributed by atoms with van der Waals surface area (Å²) in [6.07, 6.45) is 1.43. The van der Waals surface area contributed by atoms with Crippen molar-refractivity contribution in [2.75, 3.05) is 55.9 Å². The smallest absolute Gasteiger partial charge is 0.229 e. The number of furan rings is 1. The highest BCUT2D eigenvalue weighted by atomic mass is 16.6. The molecule has 3 aliphatic rings. The van der Waals surface area contributed by atoms with Crippen LogP contribution in [0.2, 0.25) is 0 Å². The van der Waals surface area contributed by atoms with Crippen LogP contribution in [-0.2, 0) is 20.8 Å². The normalized spacial score (nSPS) is 25.0. The van der Waals surface area contributed by atoms with Gasteiger partial charge >= 0.3 is 0 Å². The molecule has 0 bridgehead atoms. The van der Waals surface area contributed by atoms with Crippen LogP contribution in [0.1, 0.15) is 33.0 Å². The maximum Gasteiger partial charge on any atom is 0.229 e. The number of fused-ring (bicyclic) bond motifs is 1. The average Bonchev–Trinajstić information content (AvgIpc) is 3.59. The molecule has 0 saturated carbocycles. The van der Waals surface area contributed by atoms with Crippen molar-refractivity contribution < 1.29 is 18.6 Å². The van der Waals surface area contributed by atoms with E-state index in [4.69, 9.17) is 33.6 Å². The fourth-order valence-corrected chi connectivity index (χ4v) is 5.10. The van der Waals surface area contributed by atoms with Crippen LogP contribution >= 0.6 is 0 Å². The molecule has 0 amide bonds. The zero-order chi connectivity index (χ0) is 25.4. The second kappa shape index (κ2) is 10.5. The monoisotopic (exact) mass is 508 g/mol. The SMILES string of the molecule is CC(CC1CO1)NCc1ccc(-c2ccc3c(N4CCOC[C@@H]4C)nc(N4CCOC[C@@H]4C)nc3n2)o1. The second-order valence-corrected chi connectivity index (χ2v) is 10.4. The number of morpholine rings is 2. The third kappa shape index (κ3) is 5.43. The molecule has 0 spiro atoms. The predicted molar refractivity (Wildman–Crippen MR) is 141 cm³/mol. The molecule has 10 heteroatoms. The lowest BCUT2D eigenvalue weighted by Crippen LogP contribution is -2.46. The Labute approximate surface area is 217 Å². The maximum atomic E-state index is 6.16. The lowest BCUT2D eigenvalue weighted by molar-refractivity contribution is 0.0973. The molecule has 6 rings (SSSR count). The van der Waals surface area contributed by atoms with Crippen LogP contribution in [0.15, 0.2) is 28.7 Å². The van der Waals surface area contributed by atoms with Gasteiger partial charge in [0.25, 0.3) is 0 Å². The van der Waals surface area contributed by atoms with Crippen molar-refractivity contribution in [3.63, 3.8) is 0 Å². The summed E-state index contributed by atoms with van der Waals surface area (Å²) >= 11 is 0. The minimum atomic E-state index is 0.193. The summed E-state index contributed by atoms with van der Waals surface area (Å²) in [5, 5.41) is 4.45. The molecule has 3 aromatic heterocycles. The molecule has 3 aliphatic heterocycles. The highest BCUT2D eigenvalue weighted by Crippen LogP contribution is 2.31. The lowest BCUT2D eigenvalue weighted by atomic mass is 10.2. The summed E-state index contributed by atoms with van der Waals surface area (Å²) < 4.78 is 22.8. The molecule has 6 heterocycles. The number of hydrogen-bond acceptors (Lipinski definition) is 10. The number of rotatable bonds is 8. The van der Waals surface area contributed by atoms with E-state index in [0.717, 1.165) is 54.5 Å². The number of epoxide rings is 1. The van der Waals surface area contributed by atoms with Crippen LogP contribution in [0.5, 0.6) is 0 Å². The zero-order valence-corrected chi connectivity index (χ0v) is 21.9. The predicted octanol–water partition coefficient (Wildman–Crippen LogP) is 3.00. The summed E-state index contributed by atoms with van der Waals surface area (Å²) in [5.74, 6) is 3.22. The van der Waals surface area contributed by atoms with E-state index >= 15 is 0 Å². The summed E-state index contributed by atoms with van der Waals surface area (Å²) in [6.45, 7) is 12.3. The van der Waals surface area contributed by atoms with Crippen molar-refractivity contribution in [1.29, 1.82) is 0 Å². The Morgan fingerprint density at radius 1 is 0.946 bits per heavy atom. The Balaban J connectivity index is 1.31. The molecule has 0 aromatic carbocycles. The van der Waals surface area contributed by atoms with Crippen molar-refractivity contribution in [2.24, 2.45) is 0 Å². The van der Waals surface area contributed by atoms with Crippen LogP contribution < -0.4 is 15.1 Å². The Kier molecular flexibility index (Phi) is 6.98. The second-order valence-electron chi connectivity index (χ2n) is 10.4. The first-order chi connectivity index (χ1) is 18.0. The molecule has 3 saturated heterocycles. The quantitative estimate of drug-likeness (QED) is 0.457. The minimum Gasteiger partial charge on any atom is -0.458 e. The molecule has 4 atom stereocenters. The van der Waals surface area contributed by atoms with Gasteiger partial charge in [0.1, 0.15) is 17.3 Å². The first-order valence-electron chi connectivity index (χ1n) is 13.4. The highest BCUT2D eigenvalue weighted by molar-refractivity contribution is 5.89. The maximum absolute atomic E-state index is 6.16. The van der Waals surface area contributed by atoms with E-state index < -0.39 is 0 Å². The number of hydrogen-bond donors (Lipinski definition) is 1. The van der Waals surface area contributed by atoms with E-state index in [1.165, 1.54) is 0 Å². The third-order valence-corrected chi connectivity index (χ3v) is 7.35. The van der Waals surface area contributed by atoms with Crippen LogP contribution in [0.3, 0.4) is 0 Å². The molecule has 1 N–H and O–H groups in total. The number of anilines is 2. The highest BCUT2D eigenvalue weighted by Gasteiger charge is 2.28. The lowest BCUT2D eigenvalue weighted by Gasteiger charge is -2.37. The molecular formula is C27H36N6O4. The summed E-state index contributed by atoms with van der Waals surface area (Å²) in [7, 11) is 0. The number of nitrogens with zero attached hydrogens (tertiary/aromatic N) is 5. The fraction of sp³-hybridized carbons (Fsp3) is 0.593. The van der Waals surface area contributed by atoms with Gasteiger partial charge in [-0.1, -0.05) is 0 Å². The number of aromatic nitrogens is 3. The van der Waals surface area contributed by atoms with Crippen LogP contribution in [0, 0.1) is 0 Å². The summed E-state index contributed by atoms with van der Waals surface area (Å²) in [4.78, 5) is 19.5. The topological polar surface area (TPSA) is 101 Å². The largest absolute Gasteiger partial charge is 0.458 e. The van der Waals surface area contributed by atoms with Gasteiger partial charge in [0, 0.05) is 19.1 Å². The molecule has 37 heavy (non-hydrogen) atoms. The minimum absolute atomic E-state index is 0.193. The van der Waals surface area contributed by atoms with Crippen LogP contribution in [0.4, 0.5) is 11.8 Å². The van der Waals surface area contributed by atoms with Crippen molar-refractivity contribution in [3.05, 3.63) is 30.0 Å². The van der Waals surface area contributed by atoms with Gasteiger partial charge in [-0.3, -0.25) is 0 Å². The summed E-state index contributed by atoms with van der Waals surface area (Å²) in [5.41, 5.74) is 1.43. The van der Waals surface area contributed by atoms with E-state index in [2.05, 4.69) is 42.0 Å². The Morgan fingerprint density at radius 3 is 2.43 bits per heavy atom. The van der Waals surface area contributed by atoms with Crippen molar-refractivity contribution in [3.8, 4) is 11.5 Å². The Morgan fingerprint density at radius 2 is 1.70 bits per heavy atom. The first kappa shape index (κ1) is 24.5. The van der Waals surface area contributed by atoms with Gasteiger partial charge in [-0.2, -0.15) is 9.97 Å². The molecule has 0 aliphatic carbocycles. The van der Waals surface area contributed by atoms with E-state index in [1.54, 1.807) is 0 Å². The van der Waals surface area contributed by atoms with Gasteiger partial charge < -0.3 is 33.7 Å². The third-order valence-electron chi connectivity index (χ3n) is 7.35. The molecule has 198 valence electrons. The molecule has 0 radical (unpaired) electrons. The van der Waals surface area contributed by atoms with Gasteiger partial charge in [0.05, 0.1) is 63.2 Å². The van der Waals surface area contributed by atoms with Gasteiger partial charge in [-0.05, 0) is 51.5 Å². The zero-order valence-electron chi connectivity index (χ0n) is 21.9. The Bertz CT molecular complexity index is 1230. The number of nitrogens with one attached hydrogen (secondary N) is 1. The van der Waals surface area contributed by atoms with Gasteiger partial charge in [-0.15, -0.1) is 0 Å². The molecule has 3 aromatic rings. The van der Waals surface area contributed by atoms with E-state index in [0.29, 0.717) is 56.7 Å². The molecular weight excluding hydrogens is 472 g/mol. The molecule has 2 unspecified atom stereocenters. The fourth-order valence-electron chi connectivity index (χ4n) is 5.10. The summed E-state index contributed by atoms with van der Waals surface area (Å²) in [6, 6.07) is 8.85. The van der Waals surface area contributed by atoms with Crippen molar-refractivity contribution in [2.45, 2.75) is 58.0 Å². The van der Waals surface area contributed by atoms with E-state index in [1.807, 2.05) is 18.2 Å². The van der Waals surface area contributed by atoms with Crippen molar-refractivity contribution in [1.82, 2.24) is 20.3 Å².